The molecule has 0 bridgehead atoms. The number of anilines is 1. The van der Waals surface area contributed by atoms with E-state index in [-0.39, 0.29) is 0 Å². The van der Waals surface area contributed by atoms with E-state index in [9.17, 15) is 0 Å². The SMILES string of the molecule is Nc1cccc(CCCOCc2ccccc2Br)c1. The van der Waals surface area contributed by atoms with Crippen molar-refractivity contribution in [1.82, 2.24) is 0 Å². The van der Waals surface area contributed by atoms with E-state index in [0.29, 0.717) is 6.61 Å². The zero-order chi connectivity index (χ0) is 13.5. The van der Waals surface area contributed by atoms with Crippen LogP contribution in [-0.4, -0.2) is 6.61 Å². The van der Waals surface area contributed by atoms with Gasteiger partial charge in [-0.1, -0.05) is 46.3 Å². The fourth-order valence-electron chi connectivity index (χ4n) is 1.92. The van der Waals surface area contributed by atoms with Crippen LogP contribution in [0.5, 0.6) is 0 Å². The zero-order valence-corrected chi connectivity index (χ0v) is 12.4. The average Bonchev–Trinajstić information content (AvgIpc) is 2.40. The standard InChI is InChI=1S/C16H18BrNO/c17-16-9-2-1-7-14(16)12-19-10-4-6-13-5-3-8-15(18)11-13/h1-3,5,7-9,11H,4,6,10,12,18H2. The number of nitrogens with two attached hydrogens (primary N) is 1. The molecule has 19 heavy (non-hydrogen) atoms. The molecule has 0 fully saturated rings. The smallest absolute Gasteiger partial charge is 0.0727 e. The van der Waals surface area contributed by atoms with Crippen LogP contribution in [0.1, 0.15) is 17.5 Å². The fraction of sp³-hybridized carbons (Fsp3) is 0.250. The third kappa shape index (κ3) is 4.69. The number of hydrogen-bond donors (Lipinski definition) is 1. The van der Waals surface area contributed by atoms with Gasteiger partial charge >= 0.3 is 0 Å². The van der Waals surface area contributed by atoms with Crippen molar-refractivity contribution in [2.24, 2.45) is 0 Å². The lowest BCUT2D eigenvalue weighted by atomic mass is 10.1. The second-order valence-corrected chi connectivity index (χ2v) is 5.35. The first kappa shape index (κ1) is 14.1. The molecule has 3 heteroatoms. The molecule has 0 aliphatic heterocycles. The first-order chi connectivity index (χ1) is 9.25. The van der Waals surface area contributed by atoms with Gasteiger partial charge in [0.25, 0.3) is 0 Å². The minimum Gasteiger partial charge on any atom is -0.399 e. The maximum atomic E-state index is 5.75. The molecule has 2 N–H and O–H groups in total. The summed E-state index contributed by atoms with van der Waals surface area (Å²) in [4.78, 5) is 0. The molecule has 2 nitrogen and oxygen atoms in total. The maximum Gasteiger partial charge on any atom is 0.0727 e. The summed E-state index contributed by atoms with van der Waals surface area (Å²) in [5, 5.41) is 0. The molecule has 0 aliphatic carbocycles. The quantitative estimate of drug-likeness (QED) is 0.640. The van der Waals surface area contributed by atoms with Crippen LogP contribution in [-0.2, 0) is 17.8 Å². The molecule has 0 unspecified atom stereocenters. The van der Waals surface area contributed by atoms with Crippen LogP contribution >= 0.6 is 15.9 Å². The molecule has 2 aromatic carbocycles. The van der Waals surface area contributed by atoms with E-state index < -0.39 is 0 Å². The summed E-state index contributed by atoms with van der Waals surface area (Å²) in [6.45, 7) is 1.41. The molecule has 0 amide bonds. The highest BCUT2D eigenvalue weighted by molar-refractivity contribution is 9.10. The van der Waals surface area contributed by atoms with E-state index in [4.69, 9.17) is 10.5 Å². The molecule has 0 aliphatic rings. The van der Waals surface area contributed by atoms with Crippen molar-refractivity contribution >= 4 is 21.6 Å². The van der Waals surface area contributed by atoms with Crippen molar-refractivity contribution in [3.05, 3.63) is 64.1 Å². The summed E-state index contributed by atoms with van der Waals surface area (Å²) in [5.74, 6) is 0. The fourth-order valence-corrected chi connectivity index (χ4v) is 2.32. The summed E-state index contributed by atoms with van der Waals surface area (Å²) in [6, 6.07) is 16.2. The minimum atomic E-state index is 0.651. The largest absolute Gasteiger partial charge is 0.399 e. The molecular weight excluding hydrogens is 302 g/mol. The number of benzene rings is 2. The van der Waals surface area contributed by atoms with Gasteiger partial charge in [0.15, 0.2) is 0 Å². The van der Waals surface area contributed by atoms with Gasteiger partial charge in [-0.3, -0.25) is 0 Å². The second kappa shape index (κ2) is 7.31. The van der Waals surface area contributed by atoms with Crippen molar-refractivity contribution in [1.29, 1.82) is 0 Å². The lowest BCUT2D eigenvalue weighted by molar-refractivity contribution is 0.118. The van der Waals surface area contributed by atoms with Crippen molar-refractivity contribution in [3.8, 4) is 0 Å². The van der Waals surface area contributed by atoms with Crippen molar-refractivity contribution in [3.63, 3.8) is 0 Å². The summed E-state index contributed by atoms with van der Waals surface area (Å²) < 4.78 is 6.79. The molecule has 0 heterocycles. The Labute approximate surface area is 122 Å². The molecule has 0 saturated heterocycles. The summed E-state index contributed by atoms with van der Waals surface area (Å²) in [7, 11) is 0. The molecule has 2 rings (SSSR count). The van der Waals surface area contributed by atoms with Crippen LogP contribution in [0.25, 0.3) is 0 Å². The maximum absolute atomic E-state index is 5.75. The first-order valence-corrected chi connectivity index (χ1v) is 7.20. The van der Waals surface area contributed by atoms with Crippen molar-refractivity contribution < 1.29 is 4.74 Å². The highest BCUT2D eigenvalue weighted by Crippen LogP contribution is 2.16. The molecular formula is C16H18BrNO. The van der Waals surface area contributed by atoms with Crippen LogP contribution in [0.2, 0.25) is 0 Å². The lowest BCUT2D eigenvalue weighted by Gasteiger charge is -2.06. The van der Waals surface area contributed by atoms with Gasteiger partial charge in [-0.25, -0.2) is 0 Å². The van der Waals surface area contributed by atoms with Gasteiger partial charge in [-0.2, -0.15) is 0 Å². The van der Waals surface area contributed by atoms with Gasteiger partial charge in [0.05, 0.1) is 6.61 Å². The van der Waals surface area contributed by atoms with Crippen LogP contribution in [0, 0.1) is 0 Å². The van der Waals surface area contributed by atoms with E-state index in [1.807, 2.05) is 36.4 Å². The van der Waals surface area contributed by atoms with Gasteiger partial charge in [-0.15, -0.1) is 0 Å². The summed E-state index contributed by atoms with van der Waals surface area (Å²) in [6.07, 6.45) is 2.01. The summed E-state index contributed by atoms with van der Waals surface area (Å²) in [5.41, 5.74) is 9.03. The highest BCUT2D eigenvalue weighted by Gasteiger charge is 1.99. The lowest BCUT2D eigenvalue weighted by Crippen LogP contribution is -1.98. The Morgan fingerprint density at radius 2 is 1.89 bits per heavy atom. The van der Waals surface area contributed by atoms with E-state index in [0.717, 1.165) is 29.6 Å². The van der Waals surface area contributed by atoms with Crippen LogP contribution in [0.15, 0.2) is 53.0 Å². The zero-order valence-electron chi connectivity index (χ0n) is 10.8. The summed E-state index contributed by atoms with van der Waals surface area (Å²) >= 11 is 3.52. The van der Waals surface area contributed by atoms with Crippen molar-refractivity contribution in [2.75, 3.05) is 12.3 Å². The van der Waals surface area contributed by atoms with Gasteiger partial charge < -0.3 is 10.5 Å². The molecule has 0 spiro atoms. The normalized spacial score (nSPS) is 10.6. The van der Waals surface area contributed by atoms with Crippen molar-refractivity contribution in [2.45, 2.75) is 19.4 Å². The van der Waals surface area contributed by atoms with Gasteiger partial charge in [-0.05, 0) is 42.2 Å². The van der Waals surface area contributed by atoms with Crippen LogP contribution in [0.3, 0.4) is 0 Å². The van der Waals surface area contributed by atoms with E-state index in [1.165, 1.54) is 11.1 Å². The first-order valence-electron chi connectivity index (χ1n) is 6.41. The van der Waals surface area contributed by atoms with Gasteiger partial charge in [0.1, 0.15) is 0 Å². The number of halogens is 1. The van der Waals surface area contributed by atoms with E-state index >= 15 is 0 Å². The number of hydrogen-bond acceptors (Lipinski definition) is 2. The molecule has 0 atom stereocenters. The second-order valence-electron chi connectivity index (χ2n) is 4.49. The Hall–Kier alpha value is -1.32. The monoisotopic (exact) mass is 319 g/mol. The van der Waals surface area contributed by atoms with Crippen LogP contribution in [0.4, 0.5) is 5.69 Å². The number of rotatable bonds is 6. The third-order valence-corrected chi connectivity index (χ3v) is 3.69. The highest BCUT2D eigenvalue weighted by atomic mass is 79.9. The van der Waals surface area contributed by atoms with Crippen LogP contribution < -0.4 is 5.73 Å². The molecule has 0 aromatic heterocycles. The van der Waals surface area contributed by atoms with E-state index in [1.54, 1.807) is 0 Å². The number of nitrogen functional groups attached to an aromatic ring is 1. The van der Waals surface area contributed by atoms with E-state index in [2.05, 4.69) is 28.1 Å². The Kier molecular flexibility index (Phi) is 5.43. The minimum absolute atomic E-state index is 0.651. The topological polar surface area (TPSA) is 35.2 Å². The molecule has 2 aromatic rings. The van der Waals surface area contributed by atoms with Gasteiger partial charge in [0, 0.05) is 16.8 Å². The molecule has 0 saturated carbocycles. The predicted molar refractivity (Wildman–Crippen MR) is 83.0 cm³/mol. The van der Waals surface area contributed by atoms with Gasteiger partial charge in [0.2, 0.25) is 0 Å². The molecule has 100 valence electrons. The predicted octanol–water partition coefficient (Wildman–Crippen LogP) is 4.18. The third-order valence-electron chi connectivity index (χ3n) is 2.92. The average molecular weight is 320 g/mol. The molecule has 0 radical (unpaired) electrons. The Morgan fingerprint density at radius 3 is 2.68 bits per heavy atom. The Balaban J connectivity index is 1.69. The Morgan fingerprint density at radius 1 is 1.05 bits per heavy atom. The Bertz CT molecular complexity index is 528. The number of ether oxygens (including phenoxy) is 1. The number of aryl methyl sites for hydroxylation is 1.